The molecule has 0 spiro atoms. The molecule has 9 nitrogen and oxygen atoms in total. The fourth-order valence-corrected chi connectivity index (χ4v) is 4.24. The predicted octanol–water partition coefficient (Wildman–Crippen LogP) is 3.27. The van der Waals surface area contributed by atoms with E-state index in [0.29, 0.717) is 18.0 Å². The first-order chi connectivity index (χ1) is 16.8. The predicted molar refractivity (Wildman–Crippen MR) is 128 cm³/mol. The SMILES string of the molecule is COc1cc(C)c(F)c(COc2cnc(Nc3cnn(CCN4C[C@@H](C)N[C@@H](C)C4)c3)nc2)c1F. The summed E-state index contributed by atoms with van der Waals surface area (Å²) in [6.45, 7) is 9.38. The number of nitrogens with zero attached hydrogens (tertiary/aromatic N) is 5. The molecule has 188 valence electrons. The number of halogens is 2. The van der Waals surface area contributed by atoms with Crippen molar-refractivity contribution in [1.29, 1.82) is 0 Å². The van der Waals surface area contributed by atoms with Crippen molar-refractivity contribution in [2.45, 2.75) is 46.0 Å². The van der Waals surface area contributed by atoms with Gasteiger partial charge in [-0.1, -0.05) is 0 Å². The Morgan fingerprint density at radius 3 is 2.49 bits per heavy atom. The van der Waals surface area contributed by atoms with E-state index in [0.717, 1.165) is 31.9 Å². The molecule has 1 aliphatic heterocycles. The van der Waals surface area contributed by atoms with E-state index in [4.69, 9.17) is 9.47 Å². The van der Waals surface area contributed by atoms with E-state index < -0.39 is 11.6 Å². The second-order valence-corrected chi connectivity index (χ2v) is 8.88. The van der Waals surface area contributed by atoms with Crippen LogP contribution in [0, 0.1) is 18.6 Å². The van der Waals surface area contributed by atoms with E-state index in [-0.39, 0.29) is 29.2 Å². The van der Waals surface area contributed by atoms with Gasteiger partial charge < -0.3 is 20.1 Å². The number of ether oxygens (including phenoxy) is 2. The molecule has 0 unspecified atom stereocenters. The van der Waals surface area contributed by atoms with Gasteiger partial charge in [0.25, 0.3) is 0 Å². The van der Waals surface area contributed by atoms with Crippen molar-refractivity contribution in [3.8, 4) is 11.5 Å². The van der Waals surface area contributed by atoms with Crippen LogP contribution in [0.15, 0.2) is 30.9 Å². The van der Waals surface area contributed by atoms with Gasteiger partial charge >= 0.3 is 0 Å². The molecule has 1 fully saturated rings. The van der Waals surface area contributed by atoms with Gasteiger partial charge in [-0.2, -0.15) is 5.10 Å². The molecular weight excluding hydrogens is 456 g/mol. The van der Waals surface area contributed by atoms with Crippen molar-refractivity contribution in [3.05, 3.63) is 53.6 Å². The third kappa shape index (κ3) is 6.23. The number of anilines is 2. The highest BCUT2D eigenvalue weighted by atomic mass is 19.1. The lowest BCUT2D eigenvalue weighted by atomic mass is 10.1. The van der Waals surface area contributed by atoms with Gasteiger partial charge in [-0.3, -0.25) is 9.58 Å². The van der Waals surface area contributed by atoms with Crippen LogP contribution in [-0.4, -0.2) is 63.5 Å². The molecule has 1 aliphatic rings. The van der Waals surface area contributed by atoms with Gasteiger partial charge in [0.2, 0.25) is 5.95 Å². The first kappa shape index (κ1) is 24.8. The van der Waals surface area contributed by atoms with Crippen molar-refractivity contribution >= 4 is 11.6 Å². The van der Waals surface area contributed by atoms with Crippen LogP contribution in [0.5, 0.6) is 11.5 Å². The van der Waals surface area contributed by atoms with Gasteiger partial charge in [0.05, 0.1) is 43.5 Å². The zero-order valence-electron chi connectivity index (χ0n) is 20.4. The van der Waals surface area contributed by atoms with Gasteiger partial charge in [0.15, 0.2) is 17.3 Å². The molecule has 2 atom stereocenters. The van der Waals surface area contributed by atoms with Crippen LogP contribution in [0.25, 0.3) is 0 Å². The van der Waals surface area contributed by atoms with Crippen LogP contribution in [-0.2, 0) is 13.2 Å². The van der Waals surface area contributed by atoms with Gasteiger partial charge in [-0.15, -0.1) is 0 Å². The molecule has 4 rings (SSSR count). The van der Waals surface area contributed by atoms with E-state index in [9.17, 15) is 8.78 Å². The van der Waals surface area contributed by atoms with Crippen LogP contribution < -0.4 is 20.1 Å². The molecule has 2 aromatic heterocycles. The molecule has 0 saturated carbocycles. The lowest BCUT2D eigenvalue weighted by Crippen LogP contribution is -2.54. The van der Waals surface area contributed by atoms with E-state index in [1.807, 2.05) is 10.9 Å². The summed E-state index contributed by atoms with van der Waals surface area (Å²) in [6, 6.07) is 2.28. The third-order valence-corrected chi connectivity index (χ3v) is 5.84. The summed E-state index contributed by atoms with van der Waals surface area (Å²) in [5, 5.41) is 11.0. The van der Waals surface area contributed by atoms with Crippen molar-refractivity contribution in [1.82, 2.24) is 30.0 Å². The molecule has 1 aromatic carbocycles. The van der Waals surface area contributed by atoms with Gasteiger partial charge in [-0.25, -0.2) is 18.7 Å². The summed E-state index contributed by atoms with van der Waals surface area (Å²) in [5.41, 5.74) is 0.827. The number of nitrogens with one attached hydrogen (secondary N) is 2. The van der Waals surface area contributed by atoms with E-state index >= 15 is 0 Å². The van der Waals surface area contributed by atoms with Crippen molar-refractivity contribution in [3.63, 3.8) is 0 Å². The molecule has 3 heterocycles. The maximum atomic E-state index is 14.4. The van der Waals surface area contributed by atoms with Crippen molar-refractivity contribution in [2.75, 3.05) is 32.1 Å². The molecule has 0 radical (unpaired) electrons. The molecule has 0 aliphatic carbocycles. The zero-order chi connectivity index (χ0) is 24.9. The molecule has 0 bridgehead atoms. The largest absolute Gasteiger partial charge is 0.494 e. The van der Waals surface area contributed by atoms with Gasteiger partial charge in [0, 0.05) is 37.9 Å². The smallest absolute Gasteiger partial charge is 0.227 e. The van der Waals surface area contributed by atoms with Crippen molar-refractivity contribution in [2.24, 2.45) is 0 Å². The summed E-state index contributed by atoms with van der Waals surface area (Å²) in [7, 11) is 1.33. The van der Waals surface area contributed by atoms with E-state index in [2.05, 4.69) is 44.4 Å². The minimum atomic E-state index is -0.784. The van der Waals surface area contributed by atoms with E-state index in [1.54, 1.807) is 13.1 Å². The van der Waals surface area contributed by atoms with Gasteiger partial charge in [-0.05, 0) is 32.4 Å². The first-order valence-corrected chi connectivity index (χ1v) is 11.6. The highest BCUT2D eigenvalue weighted by molar-refractivity contribution is 5.50. The van der Waals surface area contributed by atoms with Crippen LogP contribution in [0.3, 0.4) is 0 Å². The monoisotopic (exact) mass is 487 g/mol. The normalized spacial score (nSPS) is 18.5. The van der Waals surface area contributed by atoms with Crippen LogP contribution in [0.2, 0.25) is 0 Å². The average molecular weight is 488 g/mol. The molecule has 2 N–H and O–H groups in total. The molecule has 1 saturated heterocycles. The van der Waals surface area contributed by atoms with E-state index in [1.165, 1.54) is 25.6 Å². The molecule has 35 heavy (non-hydrogen) atoms. The summed E-state index contributed by atoms with van der Waals surface area (Å²) in [4.78, 5) is 10.9. The fourth-order valence-electron chi connectivity index (χ4n) is 4.24. The highest BCUT2D eigenvalue weighted by Crippen LogP contribution is 2.27. The number of piperazine rings is 1. The Kier molecular flexibility index (Phi) is 7.76. The Hall–Kier alpha value is -3.31. The Balaban J connectivity index is 1.30. The zero-order valence-corrected chi connectivity index (χ0v) is 20.4. The van der Waals surface area contributed by atoms with Crippen LogP contribution in [0.4, 0.5) is 20.4 Å². The fraction of sp³-hybridized carbons (Fsp3) is 0.458. The topological polar surface area (TPSA) is 89.4 Å². The van der Waals surface area contributed by atoms with Crippen LogP contribution >= 0.6 is 0 Å². The maximum absolute atomic E-state index is 14.4. The standard InChI is InChI=1S/C24H31F2N7O2/c1-15-7-21(34-4)23(26)20(22(15)25)14-35-19-9-27-24(28-10-19)31-18-8-29-33(13-18)6-5-32-11-16(2)30-17(3)12-32/h7-10,13,16-17,30H,5-6,11-12,14H2,1-4H3,(H,27,28,31)/t16-,17+. The lowest BCUT2D eigenvalue weighted by Gasteiger charge is -2.36. The number of benzene rings is 1. The molecule has 0 amide bonds. The summed E-state index contributed by atoms with van der Waals surface area (Å²) >= 11 is 0. The maximum Gasteiger partial charge on any atom is 0.227 e. The van der Waals surface area contributed by atoms with Crippen molar-refractivity contribution < 1.29 is 18.3 Å². The lowest BCUT2D eigenvalue weighted by molar-refractivity contribution is 0.166. The number of aromatic nitrogens is 4. The third-order valence-electron chi connectivity index (χ3n) is 5.84. The second kappa shape index (κ2) is 11.0. The molecular formula is C24H31F2N7O2. The number of hydrogen-bond donors (Lipinski definition) is 2. The van der Waals surface area contributed by atoms with Crippen LogP contribution in [0.1, 0.15) is 25.0 Å². The highest BCUT2D eigenvalue weighted by Gasteiger charge is 2.20. The minimum Gasteiger partial charge on any atom is -0.494 e. The summed E-state index contributed by atoms with van der Waals surface area (Å²) in [5.74, 6) is -0.842. The summed E-state index contributed by atoms with van der Waals surface area (Å²) in [6.07, 6.45) is 6.50. The molecule has 3 aromatic rings. The quantitative estimate of drug-likeness (QED) is 0.476. The number of hydrogen-bond acceptors (Lipinski definition) is 8. The van der Waals surface area contributed by atoms with Gasteiger partial charge in [0.1, 0.15) is 12.4 Å². The minimum absolute atomic E-state index is 0.0316. The summed E-state index contributed by atoms with van der Waals surface area (Å²) < 4.78 is 41.1. The molecule has 11 heteroatoms. The number of aryl methyl sites for hydroxylation is 1. The first-order valence-electron chi connectivity index (χ1n) is 11.6. The second-order valence-electron chi connectivity index (χ2n) is 8.88. The number of rotatable bonds is 9. The Morgan fingerprint density at radius 2 is 1.80 bits per heavy atom. The Bertz CT molecular complexity index is 1130. The average Bonchev–Trinajstić information content (AvgIpc) is 3.28. The Labute approximate surface area is 203 Å². The Morgan fingerprint density at radius 1 is 1.09 bits per heavy atom. The number of methoxy groups -OCH3 is 1.